The third-order valence-electron chi connectivity index (χ3n) is 5.36. The standard InChI is InChI=1S/C20H24N4OS/c1-6-20(4)11-13-9-7-8-10-14(13)16-15(20)17(25)24-18(21-16)23(5)22-19(24)26-12(2)3/h7-10,12H,6,11H2,1-5H3. The lowest BCUT2D eigenvalue weighted by atomic mass is 9.69. The van der Waals surface area contributed by atoms with Crippen LogP contribution in [0.1, 0.15) is 45.2 Å². The third-order valence-corrected chi connectivity index (χ3v) is 6.31. The summed E-state index contributed by atoms with van der Waals surface area (Å²) < 4.78 is 3.41. The predicted molar refractivity (Wildman–Crippen MR) is 106 cm³/mol. The van der Waals surface area contributed by atoms with Crippen LogP contribution >= 0.6 is 11.8 Å². The summed E-state index contributed by atoms with van der Waals surface area (Å²) in [6.45, 7) is 8.55. The molecule has 2 aromatic heterocycles. The summed E-state index contributed by atoms with van der Waals surface area (Å²) >= 11 is 1.60. The van der Waals surface area contributed by atoms with Gasteiger partial charge in [-0.1, -0.05) is 63.7 Å². The van der Waals surface area contributed by atoms with Crippen LogP contribution in [0, 0.1) is 0 Å². The molecule has 6 heteroatoms. The van der Waals surface area contributed by atoms with Crippen molar-refractivity contribution in [3.05, 3.63) is 45.7 Å². The van der Waals surface area contributed by atoms with Crippen LogP contribution in [-0.4, -0.2) is 24.4 Å². The maximum atomic E-state index is 13.6. The molecule has 0 amide bonds. The van der Waals surface area contributed by atoms with E-state index < -0.39 is 0 Å². The molecule has 0 fully saturated rings. The Bertz CT molecular complexity index is 1070. The molecular weight excluding hydrogens is 344 g/mol. The molecule has 0 aliphatic heterocycles. The van der Waals surface area contributed by atoms with Gasteiger partial charge in [0, 0.05) is 23.3 Å². The first-order chi connectivity index (χ1) is 12.4. The molecule has 2 heterocycles. The molecule has 1 aliphatic rings. The Morgan fingerprint density at radius 2 is 2.04 bits per heavy atom. The second kappa shape index (κ2) is 5.98. The van der Waals surface area contributed by atoms with E-state index in [9.17, 15) is 4.79 Å². The Balaban J connectivity index is 2.12. The van der Waals surface area contributed by atoms with Crippen LogP contribution in [0.25, 0.3) is 17.0 Å². The number of nitrogens with zero attached hydrogens (tertiary/aromatic N) is 4. The molecule has 136 valence electrons. The first-order valence-corrected chi connectivity index (χ1v) is 9.99. The van der Waals surface area contributed by atoms with E-state index in [4.69, 9.17) is 4.98 Å². The summed E-state index contributed by atoms with van der Waals surface area (Å²) in [5, 5.41) is 5.63. The van der Waals surface area contributed by atoms with E-state index in [0.29, 0.717) is 11.0 Å². The van der Waals surface area contributed by atoms with Crippen molar-refractivity contribution in [3.63, 3.8) is 0 Å². The van der Waals surface area contributed by atoms with Gasteiger partial charge in [0.15, 0.2) is 5.16 Å². The van der Waals surface area contributed by atoms with Crippen LogP contribution in [0.3, 0.4) is 0 Å². The second-order valence-corrected chi connectivity index (χ2v) is 9.14. The zero-order valence-electron chi connectivity index (χ0n) is 15.9. The fourth-order valence-electron chi connectivity index (χ4n) is 3.86. The summed E-state index contributed by atoms with van der Waals surface area (Å²) in [5.41, 5.74) is 3.80. The van der Waals surface area contributed by atoms with Gasteiger partial charge < -0.3 is 0 Å². The Hall–Kier alpha value is -2.08. The average molecular weight is 369 g/mol. The molecule has 0 saturated heterocycles. The second-order valence-electron chi connectivity index (χ2n) is 7.60. The van der Waals surface area contributed by atoms with Gasteiger partial charge in [0.2, 0.25) is 5.78 Å². The third kappa shape index (κ3) is 2.42. The molecular formula is C20H24N4OS. The Kier molecular flexibility index (Phi) is 3.99. The lowest BCUT2D eigenvalue weighted by Gasteiger charge is -2.34. The van der Waals surface area contributed by atoms with E-state index in [1.165, 1.54) is 5.56 Å². The zero-order valence-corrected chi connectivity index (χ0v) is 16.7. The van der Waals surface area contributed by atoms with Gasteiger partial charge in [-0.3, -0.25) is 4.79 Å². The summed E-state index contributed by atoms with van der Waals surface area (Å²) in [6.07, 6.45) is 1.76. The number of fused-ring (bicyclic) bond motifs is 4. The zero-order chi connectivity index (χ0) is 18.6. The molecule has 1 aliphatic carbocycles. The van der Waals surface area contributed by atoms with Gasteiger partial charge in [0.1, 0.15) is 0 Å². The highest BCUT2D eigenvalue weighted by Crippen LogP contribution is 2.42. The predicted octanol–water partition coefficient (Wildman–Crippen LogP) is 3.82. The minimum Gasteiger partial charge on any atom is -0.268 e. The van der Waals surface area contributed by atoms with Crippen molar-refractivity contribution in [1.29, 1.82) is 0 Å². The van der Waals surface area contributed by atoms with Gasteiger partial charge in [-0.25, -0.2) is 14.1 Å². The molecule has 0 radical (unpaired) electrons. The van der Waals surface area contributed by atoms with Crippen LogP contribution in [0.15, 0.2) is 34.2 Å². The minimum absolute atomic E-state index is 0.0279. The summed E-state index contributed by atoms with van der Waals surface area (Å²) in [4.78, 5) is 18.6. The topological polar surface area (TPSA) is 52.2 Å². The van der Waals surface area contributed by atoms with E-state index in [2.05, 4.69) is 51.0 Å². The van der Waals surface area contributed by atoms with Crippen molar-refractivity contribution in [1.82, 2.24) is 19.2 Å². The normalized spacial score (nSPS) is 19.0. The number of hydrogen-bond acceptors (Lipinski definition) is 4. The Morgan fingerprint density at radius 1 is 1.31 bits per heavy atom. The fourth-order valence-corrected chi connectivity index (χ4v) is 4.72. The number of aryl methyl sites for hydroxylation is 1. The molecule has 4 rings (SSSR count). The summed E-state index contributed by atoms with van der Waals surface area (Å²) in [5.74, 6) is 0.604. The van der Waals surface area contributed by atoms with E-state index in [0.717, 1.165) is 34.8 Å². The summed E-state index contributed by atoms with van der Waals surface area (Å²) in [7, 11) is 1.85. The van der Waals surface area contributed by atoms with Gasteiger partial charge in [-0.2, -0.15) is 0 Å². The molecule has 1 unspecified atom stereocenters. The number of hydrogen-bond donors (Lipinski definition) is 0. The first-order valence-electron chi connectivity index (χ1n) is 9.11. The largest absolute Gasteiger partial charge is 0.268 e. The molecule has 5 nitrogen and oxygen atoms in total. The van der Waals surface area contributed by atoms with Crippen molar-refractivity contribution in [2.24, 2.45) is 7.05 Å². The molecule has 26 heavy (non-hydrogen) atoms. The Labute approximate surface area is 157 Å². The number of aromatic nitrogens is 4. The van der Waals surface area contributed by atoms with Gasteiger partial charge in [0.25, 0.3) is 5.56 Å². The lowest BCUT2D eigenvalue weighted by molar-refractivity contribution is 0.439. The van der Waals surface area contributed by atoms with Crippen molar-refractivity contribution >= 4 is 17.5 Å². The lowest BCUT2D eigenvalue weighted by Crippen LogP contribution is -2.37. The quantitative estimate of drug-likeness (QED) is 0.660. The maximum absolute atomic E-state index is 13.6. The molecule has 0 spiro atoms. The van der Waals surface area contributed by atoms with E-state index in [1.54, 1.807) is 20.8 Å². The highest BCUT2D eigenvalue weighted by atomic mass is 32.2. The highest BCUT2D eigenvalue weighted by molar-refractivity contribution is 7.99. The minimum atomic E-state index is -0.218. The number of rotatable bonds is 3. The van der Waals surface area contributed by atoms with Gasteiger partial charge in [0.05, 0.1) is 11.3 Å². The average Bonchev–Trinajstić information content (AvgIpc) is 2.90. The van der Waals surface area contributed by atoms with E-state index in [1.807, 2.05) is 13.1 Å². The molecule has 1 aromatic carbocycles. The molecule has 1 atom stereocenters. The van der Waals surface area contributed by atoms with Crippen LogP contribution in [0.5, 0.6) is 0 Å². The smallest absolute Gasteiger partial charge is 0.265 e. The van der Waals surface area contributed by atoms with Crippen molar-refractivity contribution in [2.45, 2.75) is 56.4 Å². The highest BCUT2D eigenvalue weighted by Gasteiger charge is 2.38. The van der Waals surface area contributed by atoms with Gasteiger partial charge >= 0.3 is 0 Å². The first kappa shape index (κ1) is 17.3. The van der Waals surface area contributed by atoms with Crippen LogP contribution in [-0.2, 0) is 18.9 Å². The van der Waals surface area contributed by atoms with Crippen LogP contribution in [0.4, 0.5) is 0 Å². The number of thioether (sulfide) groups is 1. The van der Waals surface area contributed by atoms with Crippen molar-refractivity contribution in [2.75, 3.05) is 0 Å². The van der Waals surface area contributed by atoms with E-state index >= 15 is 0 Å². The van der Waals surface area contributed by atoms with Crippen molar-refractivity contribution < 1.29 is 0 Å². The van der Waals surface area contributed by atoms with Crippen LogP contribution in [0.2, 0.25) is 0 Å². The summed E-state index contributed by atoms with van der Waals surface area (Å²) in [6, 6.07) is 8.31. The van der Waals surface area contributed by atoms with E-state index in [-0.39, 0.29) is 11.0 Å². The van der Waals surface area contributed by atoms with Gasteiger partial charge in [-0.05, 0) is 18.4 Å². The molecule has 3 aromatic rings. The maximum Gasteiger partial charge on any atom is 0.265 e. The molecule has 0 N–H and O–H groups in total. The number of benzene rings is 1. The molecule has 0 saturated carbocycles. The molecule has 0 bridgehead atoms. The monoisotopic (exact) mass is 368 g/mol. The fraction of sp³-hybridized carbons (Fsp3) is 0.450. The SMILES string of the molecule is CCC1(C)Cc2ccccc2-c2nc3n(C)nc(SC(C)C)n3c(=O)c21. The van der Waals surface area contributed by atoms with Crippen molar-refractivity contribution in [3.8, 4) is 11.3 Å². The van der Waals surface area contributed by atoms with Gasteiger partial charge in [-0.15, -0.1) is 5.10 Å². The Morgan fingerprint density at radius 3 is 2.73 bits per heavy atom. The van der Waals surface area contributed by atoms with Crippen LogP contribution < -0.4 is 5.56 Å².